The highest BCUT2D eigenvalue weighted by atomic mass is 16.5. The SMILES string of the molecule is COc1ccc2c(c1)CCn1c-2cc(COC(C)=O)cc1=O. The van der Waals surface area contributed by atoms with Crippen LogP contribution in [0.5, 0.6) is 5.75 Å². The highest BCUT2D eigenvalue weighted by molar-refractivity contribution is 5.68. The van der Waals surface area contributed by atoms with Gasteiger partial charge in [0, 0.05) is 25.1 Å². The van der Waals surface area contributed by atoms with Crippen LogP contribution in [0.4, 0.5) is 0 Å². The summed E-state index contributed by atoms with van der Waals surface area (Å²) in [5.41, 5.74) is 3.67. The van der Waals surface area contributed by atoms with Crippen molar-refractivity contribution in [1.29, 1.82) is 0 Å². The van der Waals surface area contributed by atoms with Gasteiger partial charge in [-0.3, -0.25) is 9.59 Å². The molecular formula is C17H17NO4. The van der Waals surface area contributed by atoms with Crippen LogP contribution in [0.1, 0.15) is 18.1 Å². The number of aryl methyl sites for hydroxylation is 1. The molecule has 5 heteroatoms. The molecule has 3 rings (SSSR count). The van der Waals surface area contributed by atoms with Gasteiger partial charge in [0.15, 0.2) is 0 Å². The molecule has 0 bridgehead atoms. The van der Waals surface area contributed by atoms with Crippen LogP contribution in [-0.2, 0) is 29.1 Å². The first-order valence-corrected chi connectivity index (χ1v) is 7.13. The molecule has 0 saturated carbocycles. The Morgan fingerprint density at radius 2 is 2.09 bits per heavy atom. The van der Waals surface area contributed by atoms with E-state index in [1.165, 1.54) is 13.0 Å². The fourth-order valence-corrected chi connectivity index (χ4v) is 2.76. The van der Waals surface area contributed by atoms with Crippen molar-refractivity contribution in [2.24, 2.45) is 0 Å². The molecule has 0 N–H and O–H groups in total. The molecule has 0 atom stereocenters. The molecule has 0 amide bonds. The summed E-state index contributed by atoms with van der Waals surface area (Å²) in [6.45, 7) is 2.11. The van der Waals surface area contributed by atoms with E-state index in [0.29, 0.717) is 12.1 Å². The minimum absolute atomic E-state index is 0.0684. The maximum Gasteiger partial charge on any atom is 0.302 e. The number of hydrogen-bond donors (Lipinski definition) is 0. The van der Waals surface area contributed by atoms with Gasteiger partial charge in [-0.1, -0.05) is 0 Å². The second-order valence-corrected chi connectivity index (χ2v) is 5.29. The first kappa shape index (κ1) is 14.4. The molecule has 22 heavy (non-hydrogen) atoms. The lowest BCUT2D eigenvalue weighted by molar-refractivity contribution is -0.142. The van der Waals surface area contributed by atoms with E-state index in [0.717, 1.165) is 29.0 Å². The van der Waals surface area contributed by atoms with Crippen molar-refractivity contribution in [2.75, 3.05) is 7.11 Å². The van der Waals surface area contributed by atoms with Crippen LogP contribution in [0, 0.1) is 0 Å². The molecule has 2 aromatic rings. The van der Waals surface area contributed by atoms with Gasteiger partial charge < -0.3 is 14.0 Å². The number of fused-ring (bicyclic) bond motifs is 3. The largest absolute Gasteiger partial charge is 0.497 e. The quantitative estimate of drug-likeness (QED) is 0.815. The Hall–Kier alpha value is -2.56. The molecule has 1 aromatic heterocycles. The van der Waals surface area contributed by atoms with Crippen LogP contribution in [0.2, 0.25) is 0 Å². The molecule has 0 radical (unpaired) electrons. The maximum atomic E-state index is 12.3. The minimum Gasteiger partial charge on any atom is -0.497 e. The molecule has 5 nitrogen and oxygen atoms in total. The van der Waals surface area contributed by atoms with Crippen molar-refractivity contribution in [3.05, 3.63) is 51.8 Å². The van der Waals surface area contributed by atoms with Crippen LogP contribution in [0.15, 0.2) is 35.1 Å². The van der Waals surface area contributed by atoms with Gasteiger partial charge in [-0.25, -0.2) is 0 Å². The Bertz CT molecular complexity index is 792. The smallest absolute Gasteiger partial charge is 0.302 e. The molecule has 0 saturated heterocycles. The number of aromatic nitrogens is 1. The number of carbonyl (C=O) groups excluding carboxylic acids is 1. The average molecular weight is 299 g/mol. The number of nitrogens with zero attached hydrogens (tertiary/aromatic N) is 1. The molecule has 1 aliphatic heterocycles. The second-order valence-electron chi connectivity index (χ2n) is 5.29. The van der Waals surface area contributed by atoms with Crippen molar-refractivity contribution in [3.63, 3.8) is 0 Å². The second kappa shape index (κ2) is 5.67. The van der Waals surface area contributed by atoms with Crippen molar-refractivity contribution < 1.29 is 14.3 Å². The van der Waals surface area contributed by atoms with Gasteiger partial charge >= 0.3 is 5.97 Å². The van der Waals surface area contributed by atoms with Crippen LogP contribution < -0.4 is 10.3 Å². The number of methoxy groups -OCH3 is 1. The topological polar surface area (TPSA) is 57.5 Å². The van der Waals surface area contributed by atoms with E-state index in [9.17, 15) is 9.59 Å². The predicted molar refractivity (Wildman–Crippen MR) is 81.9 cm³/mol. The zero-order valence-electron chi connectivity index (χ0n) is 12.6. The first-order valence-electron chi connectivity index (χ1n) is 7.13. The van der Waals surface area contributed by atoms with E-state index >= 15 is 0 Å². The number of hydrogen-bond acceptors (Lipinski definition) is 4. The lowest BCUT2D eigenvalue weighted by Crippen LogP contribution is -2.26. The van der Waals surface area contributed by atoms with Crippen molar-refractivity contribution >= 4 is 5.97 Å². The molecular weight excluding hydrogens is 282 g/mol. The third-order valence-corrected chi connectivity index (χ3v) is 3.82. The van der Waals surface area contributed by atoms with Gasteiger partial charge in [0.1, 0.15) is 12.4 Å². The average Bonchev–Trinajstić information content (AvgIpc) is 2.52. The Morgan fingerprint density at radius 1 is 1.27 bits per heavy atom. The van der Waals surface area contributed by atoms with E-state index in [-0.39, 0.29) is 18.1 Å². The fourth-order valence-electron chi connectivity index (χ4n) is 2.76. The van der Waals surface area contributed by atoms with Gasteiger partial charge in [0.25, 0.3) is 5.56 Å². The minimum atomic E-state index is -0.358. The van der Waals surface area contributed by atoms with E-state index in [4.69, 9.17) is 9.47 Å². The standard InChI is InChI=1S/C17H17NO4/c1-11(19)22-10-12-7-16-15-4-3-14(21-2)9-13(15)5-6-18(16)17(20)8-12/h3-4,7-9H,5-6,10H2,1-2H3. The van der Waals surface area contributed by atoms with Gasteiger partial charge in [0.2, 0.25) is 0 Å². The molecule has 0 aliphatic carbocycles. The lowest BCUT2D eigenvalue weighted by atomic mass is 9.96. The number of esters is 1. The van der Waals surface area contributed by atoms with Crippen molar-refractivity contribution in [1.82, 2.24) is 4.57 Å². The Kier molecular flexibility index (Phi) is 3.71. The number of rotatable bonds is 3. The maximum absolute atomic E-state index is 12.3. The summed E-state index contributed by atoms with van der Waals surface area (Å²) in [7, 11) is 1.64. The van der Waals surface area contributed by atoms with Gasteiger partial charge in [0.05, 0.1) is 12.8 Å². The Labute approximate surface area is 128 Å². The van der Waals surface area contributed by atoms with Crippen LogP contribution in [0.3, 0.4) is 0 Å². The van der Waals surface area contributed by atoms with Gasteiger partial charge in [-0.05, 0) is 41.8 Å². The van der Waals surface area contributed by atoms with E-state index < -0.39 is 0 Å². The lowest BCUT2D eigenvalue weighted by Gasteiger charge is -2.22. The normalized spacial score (nSPS) is 12.3. The van der Waals surface area contributed by atoms with Crippen LogP contribution >= 0.6 is 0 Å². The van der Waals surface area contributed by atoms with E-state index in [1.54, 1.807) is 11.7 Å². The summed E-state index contributed by atoms with van der Waals surface area (Å²) < 4.78 is 12.0. The summed E-state index contributed by atoms with van der Waals surface area (Å²) in [4.78, 5) is 23.2. The molecule has 0 fully saturated rings. The summed E-state index contributed by atoms with van der Waals surface area (Å²) >= 11 is 0. The van der Waals surface area contributed by atoms with Gasteiger partial charge in [-0.15, -0.1) is 0 Å². The van der Waals surface area contributed by atoms with Crippen molar-refractivity contribution in [3.8, 4) is 17.0 Å². The molecule has 114 valence electrons. The third-order valence-electron chi connectivity index (χ3n) is 3.82. The number of ether oxygens (including phenoxy) is 2. The highest BCUT2D eigenvalue weighted by Crippen LogP contribution is 2.31. The van der Waals surface area contributed by atoms with E-state index in [1.807, 2.05) is 24.3 Å². The monoisotopic (exact) mass is 299 g/mol. The number of pyridine rings is 1. The zero-order chi connectivity index (χ0) is 15.7. The third kappa shape index (κ3) is 2.62. The fraction of sp³-hybridized carbons (Fsp3) is 0.294. The van der Waals surface area contributed by atoms with Gasteiger partial charge in [-0.2, -0.15) is 0 Å². The van der Waals surface area contributed by atoms with Crippen LogP contribution in [-0.4, -0.2) is 17.6 Å². The number of carbonyl (C=O) groups is 1. The Balaban J connectivity index is 2.06. The molecule has 1 aromatic carbocycles. The Morgan fingerprint density at radius 3 is 2.82 bits per heavy atom. The van der Waals surface area contributed by atoms with Crippen molar-refractivity contribution in [2.45, 2.75) is 26.5 Å². The van der Waals surface area contributed by atoms with Crippen LogP contribution in [0.25, 0.3) is 11.3 Å². The molecule has 2 heterocycles. The summed E-state index contributed by atoms with van der Waals surface area (Å²) in [5, 5.41) is 0. The summed E-state index contributed by atoms with van der Waals surface area (Å²) in [6.07, 6.45) is 0.794. The highest BCUT2D eigenvalue weighted by Gasteiger charge is 2.18. The predicted octanol–water partition coefficient (Wildman–Crippen LogP) is 2.14. The summed E-state index contributed by atoms with van der Waals surface area (Å²) in [5.74, 6) is 0.452. The summed E-state index contributed by atoms with van der Waals surface area (Å²) in [6, 6.07) is 9.30. The molecule has 1 aliphatic rings. The molecule has 0 unspecified atom stereocenters. The first-order chi connectivity index (χ1) is 10.6. The zero-order valence-corrected chi connectivity index (χ0v) is 12.6. The number of benzene rings is 1. The van der Waals surface area contributed by atoms with E-state index in [2.05, 4.69) is 0 Å². The molecule has 0 spiro atoms.